The Morgan fingerprint density at radius 2 is 2.00 bits per heavy atom. The van der Waals surface area contributed by atoms with Crippen LogP contribution in [0.1, 0.15) is 33.1 Å². The maximum absolute atomic E-state index is 5.99. The lowest BCUT2D eigenvalue weighted by Gasteiger charge is -2.26. The Labute approximate surface area is 145 Å². The number of rotatable bonds is 10. The molecule has 0 aliphatic carbocycles. The number of pyridine rings is 1. The van der Waals surface area contributed by atoms with E-state index in [2.05, 4.69) is 28.6 Å². The number of hydrogen-bond donors (Lipinski definition) is 1. The molecule has 0 aromatic carbocycles. The first kappa shape index (κ1) is 18.8. The van der Waals surface area contributed by atoms with Gasteiger partial charge in [0.2, 0.25) is 5.88 Å². The van der Waals surface area contributed by atoms with E-state index in [-0.39, 0.29) is 0 Å². The number of unbranched alkanes of at least 4 members (excludes halogenated alkanes) is 1. The smallest absolute Gasteiger partial charge is 0.217 e. The summed E-state index contributed by atoms with van der Waals surface area (Å²) < 4.78 is 11.2. The van der Waals surface area contributed by atoms with E-state index in [4.69, 9.17) is 15.2 Å². The van der Waals surface area contributed by atoms with Crippen molar-refractivity contribution in [1.82, 2.24) is 9.88 Å². The number of ether oxygens (including phenoxy) is 2. The summed E-state index contributed by atoms with van der Waals surface area (Å²) in [4.78, 5) is 9.04. The van der Waals surface area contributed by atoms with Crippen molar-refractivity contribution < 1.29 is 9.47 Å². The molecular formula is C18H32N4O2. The SMILES string of the molecule is CCCCN(CCC)c1cc(N)nc(OCCN2CCOCC2)c1. The number of aromatic nitrogens is 1. The van der Waals surface area contributed by atoms with Crippen molar-refractivity contribution in [1.29, 1.82) is 0 Å². The quantitative estimate of drug-likeness (QED) is 0.708. The van der Waals surface area contributed by atoms with Crippen LogP contribution in [0, 0.1) is 0 Å². The highest BCUT2D eigenvalue weighted by Gasteiger charge is 2.12. The predicted molar refractivity (Wildman–Crippen MR) is 98.8 cm³/mol. The number of anilines is 2. The van der Waals surface area contributed by atoms with Gasteiger partial charge in [-0.1, -0.05) is 20.3 Å². The predicted octanol–water partition coefficient (Wildman–Crippen LogP) is 2.39. The topological polar surface area (TPSA) is 63.8 Å². The van der Waals surface area contributed by atoms with Crippen LogP contribution in [-0.4, -0.2) is 62.4 Å². The molecule has 2 heterocycles. The van der Waals surface area contributed by atoms with Gasteiger partial charge in [-0.25, -0.2) is 0 Å². The standard InChI is InChI=1S/C18H32N4O2/c1-3-5-7-22(6-4-2)16-14-17(19)20-18(15-16)24-13-10-21-8-11-23-12-9-21/h14-15H,3-13H2,1-2H3,(H2,19,20). The zero-order valence-electron chi connectivity index (χ0n) is 15.2. The Morgan fingerprint density at radius 1 is 1.21 bits per heavy atom. The average molecular weight is 336 g/mol. The summed E-state index contributed by atoms with van der Waals surface area (Å²) in [6.45, 7) is 11.6. The Bertz CT molecular complexity index is 478. The molecule has 136 valence electrons. The summed E-state index contributed by atoms with van der Waals surface area (Å²) in [6, 6.07) is 3.96. The number of nitrogen functional groups attached to an aromatic ring is 1. The van der Waals surface area contributed by atoms with Crippen LogP contribution in [0.3, 0.4) is 0 Å². The van der Waals surface area contributed by atoms with E-state index in [0.29, 0.717) is 18.3 Å². The molecule has 1 saturated heterocycles. The molecule has 0 bridgehead atoms. The van der Waals surface area contributed by atoms with E-state index in [0.717, 1.165) is 58.0 Å². The number of morpholine rings is 1. The lowest BCUT2D eigenvalue weighted by Crippen LogP contribution is -2.38. The van der Waals surface area contributed by atoms with E-state index in [1.54, 1.807) is 0 Å². The minimum absolute atomic E-state index is 0.520. The van der Waals surface area contributed by atoms with E-state index in [9.17, 15) is 0 Å². The van der Waals surface area contributed by atoms with Gasteiger partial charge in [0.15, 0.2) is 0 Å². The molecular weight excluding hydrogens is 304 g/mol. The highest BCUT2D eigenvalue weighted by molar-refractivity contribution is 5.55. The molecule has 1 aliphatic rings. The summed E-state index contributed by atoms with van der Waals surface area (Å²) in [5.41, 5.74) is 7.10. The van der Waals surface area contributed by atoms with E-state index in [1.165, 1.54) is 12.8 Å². The van der Waals surface area contributed by atoms with Crippen molar-refractivity contribution in [3.05, 3.63) is 12.1 Å². The first-order chi connectivity index (χ1) is 11.7. The molecule has 1 aromatic rings. The molecule has 6 heteroatoms. The van der Waals surface area contributed by atoms with E-state index >= 15 is 0 Å². The molecule has 1 aromatic heterocycles. The summed E-state index contributed by atoms with van der Waals surface area (Å²) in [7, 11) is 0. The monoisotopic (exact) mass is 336 g/mol. The lowest BCUT2D eigenvalue weighted by atomic mass is 10.2. The highest BCUT2D eigenvalue weighted by Crippen LogP contribution is 2.23. The Kier molecular flexibility index (Phi) is 8.12. The van der Waals surface area contributed by atoms with Crippen molar-refractivity contribution >= 4 is 11.5 Å². The largest absolute Gasteiger partial charge is 0.476 e. The van der Waals surface area contributed by atoms with Crippen LogP contribution in [0.15, 0.2) is 12.1 Å². The third-order valence-corrected chi connectivity index (χ3v) is 4.21. The zero-order chi connectivity index (χ0) is 17.2. The Hall–Kier alpha value is -1.53. The van der Waals surface area contributed by atoms with Crippen molar-refractivity contribution in [2.75, 3.05) is 63.2 Å². The second-order valence-electron chi connectivity index (χ2n) is 6.23. The molecule has 0 spiro atoms. The van der Waals surface area contributed by atoms with Crippen molar-refractivity contribution in [3.8, 4) is 5.88 Å². The van der Waals surface area contributed by atoms with E-state index in [1.807, 2.05) is 12.1 Å². The van der Waals surface area contributed by atoms with Crippen molar-refractivity contribution in [2.45, 2.75) is 33.1 Å². The fourth-order valence-corrected chi connectivity index (χ4v) is 2.86. The van der Waals surface area contributed by atoms with Crippen LogP contribution < -0.4 is 15.4 Å². The zero-order valence-corrected chi connectivity index (χ0v) is 15.2. The van der Waals surface area contributed by atoms with Crippen molar-refractivity contribution in [3.63, 3.8) is 0 Å². The van der Waals surface area contributed by atoms with Crippen LogP contribution in [0.4, 0.5) is 11.5 Å². The number of nitrogens with zero attached hydrogens (tertiary/aromatic N) is 3. The van der Waals surface area contributed by atoms with Gasteiger partial charge in [-0.05, 0) is 12.8 Å². The molecule has 24 heavy (non-hydrogen) atoms. The molecule has 6 nitrogen and oxygen atoms in total. The Balaban J connectivity index is 1.93. The molecule has 1 aliphatic heterocycles. The van der Waals surface area contributed by atoms with Gasteiger partial charge in [0.25, 0.3) is 0 Å². The minimum atomic E-state index is 0.520. The second-order valence-corrected chi connectivity index (χ2v) is 6.23. The maximum Gasteiger partial charge on any atom is 0.217 e. The van der Waals surface area contributed by atoms with Crippen molar-refractivity contribution in [2.24, 2.45) is 0 Å². The molecule has 0 amide bonds. The molecule has 0 radical (unpaired) electrons. The average Bonchev–Trinajstić information content (AvgIpc) is 2.59. The van der Waals surface area contributed by atoms with Crippen LogP contribution in [0.25, 0.3) is 0 Å². The summed E-state index contributed by atoms with van der Waals surface area (Å²) in [6.07, 6.45) is 3.47. The van der Waals surface area contributed by atoms with Crippen LogP contribution in [0.2, 0.25) is 0 Å². The first-order valence-corrected chi connectivity index (χ1v) is 9.18. The van der Waals surface area contributed by atoms with Gasteiger partial charge >= 0.3 is 0 Å². The van der Waals surface area contributed by atoms with Crippen LogP contribution >= 0.6 is 0 Å². The Morgan fingerprint density at radius 3 is 2.71 bits per heavy atom. The van der Waals surface area contributed by atoms with Gasteiger partial charge < -0.3 is 20.1 Å². The third-order valence-electron chi connectivity index (χ3n) is 4.21. The molecule has 0 saturated carbocycles. The second kappa shape index (κ2) is 10.4. The van der Waals surface area contributed by atoms with E-state index < -0.39 is 0 Å². The van der Waals surface area contributed by atoms with Crippen LogP contribution in [0.5, 0.6) is 5.88 Å². The molecule has 2 rings (SSSR count). The highest BCUT2D eigenvalue weighted by atomic mass is 16.5. The summed E-state index contributed by atoms with van der Waals surface area (Å²) >= 11 is 0. The molecule has 2 N–H and O–H groups in total. The normalized spacial score (nSPS) is 15.4. The summed E-state index contributed by atoms with van der Waals surface area (Å²) in [5.74, 6) is 1.14. The van der Waals surface area contributed by atoms with Gasteiger partial charge in [0, 0.05) is 50.5 Å². The van der Waals surface area contributed by atoms with Gasteiger partial charge in [0.1, 0.15) is 12.4 Å². The van der Waals surface area contributed by atoms with Gasteiger partial charge in [-0.2, -0.15) is 4.98 Å². The molecule has 0 atom stereocenters. The minimum Gasteiger partial charge on any atom is -0.476 e. The summed E-state index contributed by atoms with van der Waals surface area (Å²) in [5, 5.41) is 0. The maximum atomic E-state index is 5.99. The fraction of sp³-hybridized carbons (Fsp3) is 0.722. The van der Waals surface area contributed by atoms with Gasteiger partial charge in [-0.15, -0.1) is 0 Å². The fourth-order valence-electron chi connectivity index (χ4n) is 2.86. The van der Waals surface area contributed by atoms with Crippen LogP contribution in [-0.2, 0) is 4.74 Å². The van der Waals surface area contributed by atoms with Gasteiger partial charge in [-0.3, -0.25) is 4.90 Å². The number of hydrogen-bond acceptors (Lipinski definition) is 6. The molecule has 1 fully saturated rings. The van der Waals surface area contributed by atoms with Gasteiger partial charge in [0.05, 0.1) is 13.2 Å². The first-order valence-electron chi connectivity index (χ1n) is 9.18. The lowest BCUT2D eigenvalue weighted by molar-refractivity contribution is 0.0320. The third kappa shape index (κ3) is 6.17. The number of nitrogens with two attached hydrogens (primary N) is 1. The molecule has 0 unspecified atom stereocenters.